The summed E-state index contributed by atoms with van der Waals surface area (Å²) in [6.45, 7) is 5.26. The molecule has 4 atom stereocenters. The lowest BCUT2D eigenvalue weighted by Gasteiger charge is -2.28. The van der Waals surface area contributed by atoms with Gasteiger partial charge in [-0.15, -0.1) is 0 Å². The van der Waals surface area contributed by atoms with Crippen LogP contribution in [0.3, 0.4) is 0 Å². The molecule has 0 bridgehead atoms. The van der Waals surface area contributed by atoms with E-state index >= 15 is 0 Å². The quantitative estimate of drug-likeness (QED) is 0.709. The number of rotatable bonds is 5. The summed E-state index contributed by atoms with van der Waals surface area (Å²) < 4.78 is 5.33. The van der Waals surface area contributed by atoms with Crippen LogP contribution in [0.25, 0.3) is 0 Å². The molecule has 2 fully saturated rings. The predicted octanol–water partition coefficient (Wildman–Crippen LogP) is 5.34. The Balaban J connectivity index is 1.40. The van der Waals surface area contributed by atoms with Crippen molar-refractivity contribution in [2.75, 3.05) is 26.7 Å². The van der Waals surface area contributed by atoms with Gasteiger partial charge in [0.1, 0.15) is 5.75 Å². The number of hydrogen-bond donors (Lipinski definition) is 1. The zero-order valence-electron chi connectivity index (χ0n) is 16.4. The van der Waals surface area contributed by atoms with E-state index in [1.807, 2.05) is 42.5 Å². The molecule has 1 N–H and O–H groups in total. The standard InChI is InChI=1S/C23H27Cl2NO2/c1-15(21-7-6-19(24)9-22(21)25)12-26-13-16-10-23(27,11-17(16)14-26)18-4-3-5-20(8-18)28-2/h3-9,15-17,27H,10-14H2,1-2H3/t15?,16-,17+,23-. The second kappa shape index (κ2) is 7.87. The van der Waals surface area contributed by atoms with Crippen LogP contribution in [0.15, 0.2) is 42.5 Å². The molecular weight excluding hydrogens is 393 g/mol. The van der Waals surface area contributed by atoms with Crippen molar-refractivity contribution in [3.63, 3.8) is 0 Å². The summed E-state index contributed by atoms with van der Waals surface area (Å²) in [5.41, 5.74) is 1.39. The fourth-order valence-electron chi connectivity index (χ4n) is 5.13. The molecule has 1 aliphatic heterocycles. The molecule has 1 unspecified atom stereocenters. The van der Waals surface area contributed by atoms with Gasteiger partial charge >= 0.3 is 0 Å². The van der Waals surface area contributed by atoms with Crippen molar-refractivity contribution in [1.29, 1.82) is 0 Å². The monoisotopic (exact) mass is 419 g/mol. The highest BCUT2D eigenvalue weighted by Gasteiger charge is 2.49. The van der Waals surface area contributed by atoms with Gasteiger partial charge in [0.15, 0.2) is 0 Å². The highest BCUT2D eigenvalue weighted by molar-refractivity contribution is 6.35. The molecule has 1 aliphatic carbocycles. The third kappa shape index (κ3) is 3.91. The van der Waals surface area contributed by atoms with E-state index in [-0.39, 0.29) is 0 Å². The molecule has 1 heterocycles. The highest BCUT2D eigenvalue weighted by atomic mass is 35.5. The summed E-state index contributed by atoms with van der Waals surface area (Å²) in [7, 11) is 1.67. The highest BCUT2D eigenvalue weighted by Crippen LogP contribution is 2.49. The van der Waals surface area contributed by atoms with Crippen LogP contribution >= 0.6 is 23.2 Å². The van der Waals surface area contributed by atoms with Gasteiger partial charge in [0.05, 0.1) is 12.7 Å². The van der Waals surface area contributed by atoms with Crippen LogP contribution in [0.4, 0.5) is 0 Å². The maximum absolute atomic E-state index is 11.3. The first-order valence-corrected chi connectivity index (χ1v) is 10.7. The summed E-state index contributed by atoms with van der Waals surface area (Å²) in [5, 5.41) is 12.7. The van der Waals surface area contributed by atoms with Crippen molar-refractivity contribution in [1.82, 2.24) is 4.90 Å². The molecule has 0 amide bonds. The zero-order valence-corrected chi connectivity index (χ0v) is 17.9. The normalized spacial score (nSPS) is 28.3. The number of nitrogens with zero attached hydrogens (tertiary/aromatic N) is 1. The van der Waals surface area contributed by atoms with Gasteiger partial charge in [0, 0.05) is 29.7 Å². The maximum Gasteiger partial charge on any atom is 0.119 e. The van der Waals surface area contributed by atoms with E-state index in [9.17, 15) is 5.11 Å². The average molecular weight is 420 g/mol. The SMILES string of the molecule is COc1cccc([C@]2(O)C[C@H]3CN(CC(C)c4ccc(Cl)cc4Cl)C[C@H]3C2)c1. The molecule has 1 saturated heterocycles. The van der Waals surface area contributed by atoms with E-state index in [0.29, 0.717) is 22.8 Å². The van der Waals surface area contributed by atoms with Crippen molar-refractivity contribution >= 4 is 23.2 Å². The largest absolute Gasteiger partial charge is 0.497 e. The molecule has 0 spiro atoms. The molecule has 5 heteroatoms. The number of halogens is 2. The van der Waals surface area contributed by atoms with Crippen molar-refractivity contribution in [3.05, 3.63) is 63.6 Å². The smallest absolute Gasteiger partial charge is 0.119 e. The van der Waals surface area contributed by atoms with Crippen molar-refractivity contribution in [2.24, 2.45) is 11.8 Å². The van der Waals surface area contributed by atoms with Gasteiger partial charge in [0.25, 0.3) is 0 Å². The fraction of sp³-hybridized carbons (Fsp3) is 0.478. The number of fused-ring (bicyclic) bond motifs is 1. The van der Waals surface area contributed by atoms with E-state index in [2.05, 4.69) is 11.8 Å². The van der Waals surface area contributed by atoms with Crippen LogP contribution in [-0.4, -0.2) is 36.8 Å². The Morgan fingerprint density at radius 1 is 1.14 bits per heavy atom. The minimum atomic E-state index is -0.735. The molecule has 2 aliphatic rings. The molecule has 28 heavy (non-hydrogen) atoms. The second-order valence-electron chi connectivity index (χ2n) is 8.48. The van der Waals surface area contributed by atoms with Gasteiger partial charge in [0.2, 0.25) is 0 Å². The first kappa shape index (κ1) is 20.0. The number of likely N-dealkylation sites (tertiary alicyclic amines) is 1. The lowest BCUT2D eigenvalue weighted by molar-refractivity contribution is 0.0310. The first-order valence-electron chi connectivity index (χ1n) is 9.92. The van der Waals surface area contributed by atoms with Crippen molar-refractivity contribution in [2.45, 2.75) is 31.3 Å². The van der Waals surface area contributed by atoms with Crippen LogP contribution in [-0.2, 0) is 5.60 Å². The molecule has 0 aromatic heterocycles. The zero-order chi connectivity index (χ0) is 19.9. The Labute approximate surface area is 177 Å². The number of aliphatic hydroxyl groups is 1. The van der Waals surface area contributed by atoms with Gasteiger partial charge in [-0.1, -0.05) is 48.3 Å². The van der Waals surface area contributed by atoms with Crippen LogP contribution in [0.2, 0.25) is 10.0 Å². The molecular formula is C23H27Cl2NO2. The minimum absolute atomic E-state index is 0.348. The van der Waals surface area contributed by atoms with Gasteiger partial charge in [-0.25, -0.2) is 0 Å². The lowest BCUT2D eigenvalue weighted by atomic mass is 9.90. The molecule has 2 aromatic rings. The van der Waals surface area contributed by atoms with E-state index in [1.165, 1.54) is 0 Å². The Hall–Kier alpha value is -1.26. The summed E-state index contributed by atoms with van der Waals surface area (Å²) in [4.78, 5) is 2.52. The summed E-state index contributed by atoms with van der Waals surface area (Å²) in [6.07, 6.45) is 1.63. The minimum Gasteiger partial charge on any atom is -0.497 e. The van der Waals surface area contributed by atoms with Gasteiger partial charge in [-0.2, -0.15) is 0 Å². The Morgan fingerprint density at radius 2 is 1.86 bits per heavy atom. The summed E-state index contributed by atoms with van der Waals surface area (Å²) >= 11 is 12.4. The van der Waals surface area contributed by atoms with Gasteiger partial charge in [-0.05, 0) is 66.0 Å². The Kier molecular flexibility index (Phi) is 5.63. The maximum atomic E-state index is 11.3. The molecule has 2 aromatic carbocycles. The van der Waals surface area contributed by atoms with Crippen LogP contribution in [0.5, 0.6) is 5.75 Å². The first-order chi connectivity index (χ1) is 13.4. The van der Waals surface area contributed by atoms with Crippen molar-refractivity contribution < 1.29 is 9.84 Å². The summed E-state index contributed by atoms with van der Waals surface area (Å²) in [6, 6.07) is 13.6. The molecule has 150 valence electrons. The van der Waals surface area contributed by atoms with E-state index in [4.69, 9.17) is 27.9 Å². The predicted molar refractivity (Wildman–Crippen MR) is 114 cm³/mol. The van der Waals surface area contributed by atoms with E-state index in [0.717, 1.165) is 54.4 Å². The molecule has 1 saturated carbocycles. The van der Waals surface area contributed by atoms with E-state index < -0.39 is 5.60 Å². The van der Waals surface area contributed by atoms with Gasteiger partial charge < -0.3 is 14.7 Å². The van der Waals surface area contributed by atoms with E-state index in [1.54, 1.807) is 7.11 Å². The van der Waals surface area contributed by atoms with Crippen LogP contribution in [0, 0.1) is 11.8 Å². The van der Waals surface area contributed by atoms with Crippen LogP contribution < -0.4 is 4.74 Å². The Morgan fingerprint density at radius 3 is 2.50 bits per heavy atom. The van der Waals surface area contributed by atoms with Crippen LogP contribution in [0.1, 0.15) is 36.8 Å². The third-order valence-corrected chi connectivity index (χ3v) is 7.05. The topological polar surface area (TPSA) is 32.7 Å². The summed E-state index contributed by atoms with van der Waals surface area (Å²) in [5.74, 6) is 2.22. The lowest BCUT2D eigenvalue weighted by Crippen LogP contribution is -2.30. The van der Waals surface area contributed by atoms with Crippen molar-refractivity contribution in [3.8, 4) is 5.75 Å². The third-order valence-electron chi connectivity index (χ3n) is 6.48. The Bertz CT molecular complexity index is 842. The second-order valence-corrected chi connectivity index (χ2v) is 9.32. The molecule has 0 radical (unpaired) electrons. The average Bonchev–Trinajstić information content (AvgIpc) is 3.16. The molecule has 4 rings (SSSR count). The number of methoxy groups -OCH3 is 1. The number of benzene rings is 2. The fourth-order valence-corrected chi connectivity index (χ4v) is 5.73. The van der Waals surface area contributed by atoms with Gasteiger partial charge in [-0.3, -0.25) is 0 Å². The number of ether oxygens (including phenoxy) is 1. The molecule has 3 nitrogen and oxygen atoms in total. The number of hydrogen-bond acceptors (Lipinski definition) is 3.